The van der Waals surface area contributed by atoms with E-state index in [1.807, 2.05) is 79.2 Å². The summed E-state index contributed by atoms with van der Waals surface area (Å²) in [7, 11) is 0. The molecule has 0 unspecified atom stereocenters. The van der Waals surface area contributed by atoms with Crippen LogP contribution in [-0.4, -0.2) is 24.6 Å². The standard InChI is InChI=1S/C30H26N6OS2.2ClH/c1-20-16-28(36-27(32-20)15-21(2)35-36)39-25-17-26(37-24-11-7-4-8-12-24)29(31-18-25)34-30-33-23(19-38-30)14-13-22-9-5-3-6-10-22;;/h3-12,15-19H,13-14H2,1-2H3,(H,31,33,34);2*1H. The lowest BCUT2D eigenvalue weighted by Gasteiger charge is -2.13. The monoisotopic (exact) mass is 622 g/mol. The Labute approximate surface area is 259 Å². The van der Waals surface area contributed by atoms with Gasteiger partial charge in [0.15, 0.2) is 22.3 Å². The first-order valence-electron chi connectivity index (χ1n) is 12.6. The second-order valence-corrected chi connectivity index (χ2v) is 11.0. The second kappa shape index (κ2) is 13.8. The molecule has 2 aromatic carbocycles. The predicted octanol–water partition coefficient (Wildman–Crippen LogP) is 8.51. The molecule has 1 N–H and O–H groups in total. The number of thiazole rings is 1. The maximum Gasteiger partial charge on any atom is 0.188 e. The molecule has 0 fully saturated rings. The van der Waals surface area contributed by atoms with Crippen LogP contribution < -0.4 is 10.1 Å². The molecule has 0 radical (unpaired) electrons. The third kappa shape index (κ3) is 7.56. The molecule has 210 valence electrons. The fourth-order valence-electron chi connectivity index (χ4n) is 4.14. The summed E-state index contributed by atoms with van der Waals surface area (Å²) in [6.07, 6.45) is 3.67. The highest BCUT2D eigenvalue weighted by atomic mass is 35.5. The Morgan fingerprint density at radius 2 is 1.63 bits per heavy atom. The minimum Gasteiger partial charge on any atom is -0.453 e. The molecular formula is C30H28Cl2N6OS2. The topological polar surface area (TPSA) is 77.2 Å². The number of pyridine rings is 1. The van der Waals surface area contributed by atoms with Gasteiger partial charge in [-0.3, -0.25) is 0 Å². The van der Waals surface area contributed by atoms with Gasteiger partial charge in [0.2, 0.25) is 0 Å². The number of hydrogen-bond acceptors (Lipinski definition) is 8. The summed E-state index contributed by atoms with van der Waals surface area (Å²) in [5.41, 5.74) is 5.04. The molecule has 0 saturated heterocycles. The summed E-state index contributed by atoms with van der Waals surface area (Å²) < 4.78 is 8.16. The van der Waals surface area contributed by atoms with Crippen molar-refractivity contribution in [2.24, 2.45) is 0 Å². The number of fused-ring (bicyclic) bond motifs is 1. The van der Waals surface area contributed by atoms with E-state index in [0.29, 0.717) is 11.6 Å². The van der Waals surface area contributed by atoms with E-state index in [-0.39, 0.29) is 24.8 Å². The van der Waals surface area contributed by atoms with Crippen LogP contribution in [0.25, 0.3) is 5.65 Å². The van der Waals surface area contributed by atoms with Crippen molar-refractivity contribution < 1.29 is 4.74 Å². The van der Waals surface area contributed by atoms with Crippen molar-refractivity contribution in [3.8, 4) is 11.5 Å². The summed E-state index contributed by atoms with van der Waals surface area (Å²) in [6.45, 7) is 3.96. The average molecular weight is 624 g/mol. The highest BCUT2D eigenvalue weighted by Crippen LogP contribution is 2.37. The van der Waals surface area contributed by atoms with Gasteiger partial charge in [-0.05, 0) is 50.5 Å². The fraction of sp³-hybridized carbons (Fsp3) is 0.133. The number of rotatable bonds is 9. The lowest BCUT2D eigenvalue weighted by Crippen LogP contribution is -1.99. The van der Waals surface area contributed by atoms with Gasteiger partial charge in [-0.25, -0.2) is 19.5 Å². The molecule has 0 aliphatic carbocycles. The van der Waals surface area contributed by atoms with Crippen LogP contribution in [0.3, 0.4) is 0 Å². The molecule has 11 heteroatoms. The van der Waals surface area contributed by atoms with Crippen LogP contribution in [0.2, 0.25) is 0 Å². The van der Waals surface area contributed by atoms with E-state index in [1.165, 1.54) is 5.56 Å². The van der Waals surface area contributed by atoms with E-state index in [1.54, 1.807) is 23.1 Å². The van der Waals surface area contributed by atoms with Crippen LogP contribution in [0, 0.1) is 13.8 Å². The second-order valence-electron chi connectivity index (χ2n) is 9.08. The van der Waals surface area contributed by atoms with Crippen molar-refractivity contribution >= 4 is 64.5 Å². The van der Waals surface area contributed by atoms with E-state index in [2.05, 4.69) is 45.0 Å². The van der Waals surface area contributed by atoms with Gasteiger partial charge in [-0.15, -0.1) is 36.2 Å². The largest absolute Gasteiger partial charge is 0.453 e. The molecule has 0 spiro atoms. The Morgan fingerprint density at radius 1 is 0.878 bits per heavy atom. The number of aromatic nitrogens is 5. The number of para-hydroxylation sites is 1. The van der Waals surface area contributed by atoms with Crippen LogP contribution >= 0.6 is 47.9 Å². The quantitative estimate of drug-likeness (QED) is 0.162. The molecule has 0 atom stereocenters. The molecule has 7 nitrogen and oxygen atoms in total. The van der Waals surface area contributed by atoms with Crippen molar-refractivity contribution in [2.75, 3.05) is 5.32 Å². The third-order valence-electron chi connectivity index (χ3n) is 5.96. The molecule has 6 rings (SSSR count). The number of halogens is 2. The number of anilines is 2. The number of nitrogens with zero attached hydrogens (tertiary/aromatic N) is 5. The van der Waals surface area contributed by atoms with Gasteiger partial charge >= 0.3 is 0 Å². The van der Waals surface area contributed by atoms with Gasteiger partial charge in [0, 0.05) is 34.3 Å². The molecule has 6 aromatic rings. The van der Waals surface area contributed by atoms with Crippen molar-refractivity contribution in [3.05, 3.63) is 113 Å². The lowest BCUT2D eigenvalue weighted by atomic mass is 10.1. The molecule has 0 aliphatic rings. The molecule has 0 saturated carbocycles. The third-order valence-corrected chi connectivity index (χ3v) is 7.72. The van der Waals surface area contributed by atoms with Gasteiger partial charge < -0.3 is 10.1 Å². The van der Waals surface area contributed by atoms with E-state index in [9.17, 15) is 0 Å². The highest BCUT2D eigenvalue weighted by Gasteiger charge is 2.14. The normalized spacial score (nSPS) is 10.6. The fourth-order valence-corrected chi connectivity index (χ4v) is 5.85. The average Bonchev–Trinajstić information content (AvgIpc) is 3.55. The Bertz CT molecular complexity index is 1730. The van der Waals surface area contributed by atoms with E-state index in [4.69, 9.17) is 14.7 Å². The maximum atomic E-state index is 6.29. The molecule has 0 aliphatic heterocycles. The molecule has 4 heterocycles. The Hall–Kier alpha value is -3.63. The molecule has 0 amide bonds. The number of nitrogens with one attached hydrogen (secondary N) is 1. The van der Waals surface area contributed by atoms with Crippen molar-refractivity contribution in [1.82, 2.24) is 24.6 Å². The number of hydrogen-bond donors (Lipinski definition) is 1. The van der Waals surface area contributed by atoms with E-state index >= 15 is 0 Å². The summed E-state index contributed by atoms with van der Waals surface area (Å²) in [6, 6.07) is 26.2. The minimum atomic E-state index is 0. The Kier molecular flexibility index (Phi) is 10.2. The molecule has 41 heavy (non-hydrogen) atoms. The van der Waals surface area contributed by atoms with Gasteiger partial charge in [-0.2, -0.15) is 5.10 Å². The van der Waals surface area contributed by atoms with Gasteiger partial charge in [-0.1, -0.05) is 60.3 Å². The SMILES string of the molecule is Cc1cc(Sc2cnc(Nc3nc(CCc4ccccc4)cs3)c(Oc3ccccc3)c2)n2nc(C)cc2n1.Cl.Cl. The zero-order valence-electron chi connectivity index (χ0n) is 22.4. The smallest absolute Gasteiger partial charge is 0.188 e. The van der Waals surface area contributed by atoms with Gasteiger partial charge in [0.05, 0.1) is 11.4 Å². The highest BCUT2D eigenvalue weighted by molar-refractivity contribution is 7.99. The summed E-state index contributed by atoms with van der Waals surface area (Å²) in [5.74, 6) is 1.96. The predicted molar refractivity (Wildman–Crippen MR) is 171 cm³/mol. The first-order chi connectivity index (χ1) is 19.1. The van der Waals surface area contributed by atoms with Crippen molar-refractivity contribution in [2.45, 2.75) is 36.6 Å². The summed E-state index contributed by atoms with van der Waals surface area (Å²) in [4.78, 5) is 15.1. The summed E-state index contributed by atoms with van der Waals surface area (Å²) >= 11 is 3.14. The zero-order valence-corrected chi connectivity index (χ0v) is 25.6. The summed E-state index contributed by atoms with van der Waals surface area (Å²) in [5, 5.41) is 11.8. The van der Waals surface area contributed by atoms with Gasteiger partial charge in [0.25, 0.3) is 0 Å². The minimum absolute atomic E-state index is 0. The zero-order chi connectivity index (χ0) is 26.6. The maximum absolute atomic E-state index is 6.29. The first kappa shape index (κ1) is 30.3. The van der Waals surface area contributed by atoms with Crippen LogP contribution in [0.4, 0.5) is 10.9 Å². The van der Waals surface area contributed by atoms with Crippen LogP contribution in [0.15, 0.2) is 100 Å². The Balaban J connectivity index is 0.00000194. The van der Waals surface area contributed by atoms with Crippen LogP contribution in [-0.2, 0) is 12.8 Å². The van der Waals surface area contributed by atoms with Crippen molar-refractivity contribution in [3.63, 3.8) is 0 Å². The van der Waals surface area contributed by atoms with Crippen LogP contribution in [0.5, 0.6) is 11.5 Å². The van der Waals surface area contributed by atoms with Crippen LogP contribution in [0.1, 0.15) is 22.6 Å². The number of benzene rings is 2. The number of ether oxygens (including phenoxy) is 1. The first-order valence-corrected chi connectivity index (χ1v) is 14.3. The van der Waals surface area contributed by atoms with Gasteiger partial charge in [0.1, 0.15) is 10.8 Å². The van der Waals surface area contributed by atoms with E-state index in [0.717, 1.165) is 56.4 Å². The Morgan fingerprint density at radius 3 is 2.41 bits per heavy atom. The number of aryl methyl sites for hydroxylation is 4. The molecular weight excluding hydrogens is 595 g/mol. The lowest BCUT2D eigenvalue weighted by molar-refractivity contribution is 0.481. The van der Waals surface area contributed by atoms with Crippen molar-refractivity contribution in [1.29, 1.82) is 0 Å². The molecule has 0 bridgehead atoms. The van der Waals surface area contributed by atoms with E-state index < -0.39 is 0 Å². The molecule has 4 aromatic heterocycles.